The van der Waals surface area contributed by atoms with Crippen LogP contribution in [0.4, 0.5) is 0 Å². The second-order valence-electron chi connectivity index (χ2n) is 16.0. The van der Waals surface area contributed by atoms with Crippen LogP contribution in [-0.4, -0.2) is 9.55 Å². The minimum atomic E-state index is -0.317. The maximum atomic E-state index is 5.05. The smallest absolute Gasteiger partial charge is 0.145 e. The predicted molar refractivity (Wildman–Crippen MR) is 243 cm³/mol. The van der Waals surface area contributed by atoms with Crippen LogP contribution in [0.25, 0.3) is 94.4 Å². The number of aromatic nitrogens is 2. The van der Waals surface area contributed by atoms with E-state index in [1.54, 1.807) is 0 Å². The van der Waals surface area contributed by atoms with Gasteiger partial charge < -0.3 is 0 Å². The second-order valence-corrected chi connectivity index (χ2v) is 16.0. The molecule has 3 heterocycles. The van der Waals surface area contributed by atoms with Crippen LogP contribution >= 0.6 is 0 Å². The first kappa shape index (κ1) is 34.0. The van der Waals surface area contributed by atoms with Gasteiger partial charge in [0.25, 0.3) is 0 Å². The Labute approximate surface area is 339 Å². The summed E-state index contributed by atoms with van der Waals surface area (Å²) < 4.78 is 2.42. The molecule has 0 fully saturated rings. The van der Waals surface area contributed by atoms with Crippen molar-refractivity contribution in [3.05, 3.63) is 218 Å². The molecule has 0 N–H and O–H groups in total. The molecule has 1 aliphatic rings. The Kier molecular flexibility index (Phi) is 7.87. The third-order valence-corrected chi connectivity index (χ3v) is 12.2. The molecular weight excluding hydrogens is 701 g/mol. The minimum Gasteiger partial charge on any atom is -0.293 e. The summed E-state index contributed by atoms with van der Waals surface area (Å²) in [5.74, 6) is 0. The fourth-order valence-corrected chi connectivity index (χ4v) is 9.18. The Balaban J connectivity index is 1.13. The molecule has 0 unspecified atom stereocenters. The first-order chi connectivity index (χ1) is 28.5. The fraction of sp³-hybridized carbons (Fsp3) is 0.0536. The molecule has 2 aromatic heterocycles. The molecule has 0 radical (unpaired) electrons. The molecular formula is C56H40N2. The predicted octanol–water partition coefficient (Wildman–Crippen LogP) is 14.8. The Bertz CT molecular complexity index is 3040. The molecule has 8 aromatic carbocycles. The van der Waals surface area contributed by atoms with Crippen LogP contribution in [0.15, 0.2) is 206 Å². The van der Waals surface area contributed by atoms with E-state index >= 15 is 0 Å². The zero-order chi connectivity index (χ0) is 38.8. The van der Waals surface area contributed by atoms with Gasteiger partial charge in [0.05, 0.1) is 11.2 Å². The van der Waals surface area contributed by atoms with Crippen LogP contribution < -0.4 is 0 Å². The molecule has 0 atom stereocenters. The van der Waals surface area contributed by atoms with E-state index in [-0.39, 0.29) is 5.41 Å². The van der Waals surface area contributed by atoms with E-state index in [0.717, 1.165) is 5.65 Å². The topological polar surface area (TPSA) is 17.8 Å². The summed E-state index contributed by atoms with van der Waals surface area (Å²) >= 11 is 0. The number of hydrogen-bond acceptors (Lipinski definition) is 1. The van der Waals surface area contributed by atoms with E-state index in [1.807, 2.05) is 6.20 Å². The molecule has 58 heavy (non-hydrogen) atoms. The van der Waals surface area contributed by atoms with E-state index in [2.05, 4.69) is 219 Å². The van der Waals surface area contributed by atoms with Crippen molar-refractivity contribution >= 4 is 21.9 Å². The van der Waals surface area contributed by atoms with E-state index in [0.29, 0.717) is 0 Å². The Morgan fingerprint density at radius 2 is 0.759 bits per heavy atom. The number of benzene rings is 8. The Hall–Kier alpha value is -7.29. The lowest BCUT2D eigenvalue weighted by molar-refractivity contribution is 0.630. The highest BCUT2D eigenvalue weighted by molar-refractivity contribution is 6.12. The number of nitrogens with zero attached hydrogens (tertiary/aromatic N) is 2. The van der Waals surface area contributed by atoms with Crippen molar-refractivity contribution in [1.29, 1.82) is 0 Å². The van der Waals surface area contributed by atoms with Crippen molar-refractivity contribution in [2.24, 2.45) is 0 Å². The van der Waals surface area contributed by atoms with E-state index in [9.17, 15) is 0 Å². The Morgan fingerprint density at radius 3 is 1.24 bits per heavy atom. The van der Waals surface area contributed by atoms with Crippen molar-refractivity contribution in [1.82, 2.24) is 9.55 Å². The number of fused-ring (bicyclic) bond motifs is 5. The molecule has 0 saturated heterocycles. The lowest BCUT2D eigenvalue weighted by Gasteiger charge is -2.35. The summed E-state index contributed by atoms with van der Waals surface area (Å²) in [5, 5.41) is 2.40. The fourth-order valence-electron chi connectivity index (χ4n) is 9.18. The summed E-state index contributed by atoms with van der Waals surface area (Å²) in [6.45, 7) is 4.79. The van der Waals surface area contributed by atoms with Gasteiger partial charge in [0.1, 0.15) is 5.65 Å². The SMILES string of the molecule is CC1(C)c2cc(-c3cc(-c4ccccc4)cc(-c4ccccc4)c3)ccc2-n2c3ncccc3c3cc(-c4cc(-c5ccccc5)cc(-c5ccccc5)c4)cc1c32. The van der Waals surface area contributed by atoms with Crippen molar-refractivity contribution < 1.29 is 0 Å². The summed E-state index contributed by atoms with van der Waals surface area (Å²) in [6.07, 6.45) is 1.93. The highest BCUT2D eigenvalue weighted by Crippen LogP contribution is 2.50. The third-order valence-electron chi connectivity index (χ3n) is 12.2. The van der Waals surface area contributed by atoms with Gasteiger partial charge in [-0.25, -0.2) is 4.98 Å². The van der Waals surface area contributed by atoms with E-state index in [4.69, 9.17) is 4.98 Å². The largest absolute Gasteiger partial charge is 0.293 e. The first-order valence-electron chi connectivity index (χ1n) is 20.1. The zero-order valence-electron chi connectivity index (χ0n) is 32.5. The van der Waals surface area contributed by atoms with Gasteiger partial charge in [-0.3, -0.25) is 4.57 Å². The van der Waals surface area contributed by atoms with E-state index in [1.165, 1.54) is 99.9 Å². The highest BCUT2D eigenvalue weighted by atomic mass is 15.1. The molecule has 0 amide bonds. The monoisotopic (exact) mass is 740 g/mol. The van der Waals surface area contributed by atoms with Crippen molar-refractivity contribution in [3.63, 3.8) is 0 Å². The zero-order valence-corrected chi connectivity index (χ0v) is 32.5. The first-order valence-corrected chi connectivity index (χ1v) is 20.1. The van der Waals surface area contributed by atoms with Gasteiger partial charge in [0.15, 0.2) is 0 Å². The average molecular weight is 741 g/mol. The van der Waals surface area contributed by atoms with Crippen LogP contribution in [0.5, 0.6) is 0 Å². The molecule has 0 aliphatic carbocycles. The van der Waals surface area contributed by atoms with Crippen LogP contribution in [0, 0.1) is 0 Å². The van der Waals surface area contributed by atoms with Gasteiger partial charge in [-0.05, 0) is 151 Å². The maximum Gasteiger partial charge on any atom is 0.145 e. The van der Waals surface area contributed by atoms with Crippen LogP contribution in [0.3, 0.4) is 0 Å². The number of pyridine rings is 1. The van der Waals surface area contributed by atoms with Gasteiger partial charge in [0, 0.05) is 22.4 Å². The number of rotatable bonds is 6. The third kappa shape index (κ3) is 5.60. The maximum absolute atomic E-state index is 5.05. The normalized spacial score (nSPS) is 12.8. The van der Waals surface area contributed by atoms with Crippen molar-refractivity contribution in [3.8, 4) is 72.4 Å². The molecule has 0 bridgehead atoms. The molecule has 0 spiro atoms. The van der Waals surface area contributed by atoms with E-state index < -0.39 is 0 Å². The van der Waals surface area contributed by atoms with Crippen LogP contribution in [-0.2, 0) is 5.41 Å². The molecule has 2 nitrogen and oxygen atoms in total. The van der Waals surface area contributed by atoms with Crippen molar-refractivity contribution in [2.45, 2.75) is 19.3 Å². The van der Waals surface area contributed by atoms with Crippen LogP contribution in [0.1, 0.15) is 25.0 Å². The Morgan fingerprint density at radius 1 is 0.345 bits per heavy atom. The second kappa shape index (κ2) is 13.4. The van der Waals surface area contributed by atoms with Gasteiger partial charge in [-0.15, -0.1) is 0 Å². The molecule has 1 aliphatic heterocycles. The molecule has 0 saturated carbocycles. The summed E-state index contributed by atoms with van der Waals surface area (Å²) in [5.41, 5.74) is 20.1. The van der Waals surface area contributed by atoms with Gasteiger partial charge in [-0.1, -0.05) is 141 Å². The highest BCUT2D eigenvalue weighted by Gasteiger charge is 2.36. The van der Waals surface area contributed by atoms with Crippen molar-refractivity contribution in [2.75, 3.05) is 0 Å². The lowest BCUT2D eigenvalue weighted by Crippen LogP contribution is -2.26. The van der Waals surface area contributed by atoms with Crippen LogP contribution in [0.2, 0.25) is 0 Å². The summed E-state index contributed by atoms with van der Waals surface area (Å²) in [7, 11) is 0. The molecule has 2 heteroatoms. The molecule has 274 valence electrons. The minimum absolute atomic E-state index is 0.317. The quantitative estimate of drug-likeness (QED) is 0.166. The van der Waals surface area contributed by atoms with Gasteiger partial charge in [-0.2, -0.15) is 0 Å². The molecule has 10 aromatic rings. The standard InChI is InChI=1S/C56H40N2/c1-56(2)51-35-41(46-30-42(37-16-7-3-8-17-37)28-43(31-46)38-18-9-4-10-19-38)25-26-53(51)58-54-50(49-24-15-27-57-55(49)58)34-48(36-52(54)56)47-32-44(39-20-11-5-12-21-39)29-45(33-47)40-22-13-6-14-23-40/h3-36H,1-2H3. The summed E-state index contributed by atoms with van der Waals surface area (Å²) in [4.78, 5) is 5.05. The molecule has 11 rings (SSSR count). The number of hydrogen-bond donors (Lipinski definition) is 0. The summed E-state index contributed by atoms with van der Waals surface area (Å²) in [6, 6.07) is 73.2. The lowest BCUT2D eigenvalue weighted by atomic mass is 9.73. The van der Waals surface area contributed by atoms with Gasteiger partial charge in [0.2, 0.25) is 0 Å². The average Bonchev–Trinajstić information content (AvgIpc) is 3.63. The van der Waals surface area contributed by atoms with Gasteiger partial charge >= 0.3 is 0 Å².